The molecule has 0 aliphatic heterocycles. The van der Waals surface area contributed by atoms with Crippen molar-refractivity contribution in [1.82, 2.24) is 0 Å². The molecule has 8 heavy (non-hydrogen) atoms. The first-order valence-electron chi connectivity index (χ1n) is 3.42. The van der Waals surface area contributed by atoms with Gasteiger partial charge < -0.3 is 5.73 Å². The Morgan fingerprint density at radius 3 is 1.88 bits per heavy atom. The molecule has 0 amide bonds. The minimum atomic E-state index is 0.694. The molecule has 0 spiro atoms. The van der Waals surface area contributed by atoms with Crippen LogP contribution in [0.4, 0.5) is 0 Å². The summed E-state index contributed by atoms with van der Waals surface area (Å²) in [6.45, 7) is 7.48. The Kier molecular flexibility index (Phi) is 3.88. The molecule has 1 unspecified atom stereocenters. The smallest absolute Gasteiger partial charge is 0.00490 e. The van der Waals surface area contributed by atoms with Gasteiger partial charge in [0.25, 0.3) is 0 Å². The molecule has 0 bridgehead atoms. The van der Waals surface area contributed by atoms with Crippen molar-refractivity contribution in [2.45, 2.75) is 27.2 Å². The predicted molar refractivity (Wildman–Crippen MR) is 37.7 cm³/mol. The summed E-state index contributed by atoms with van der Waals surface area (Å²) in [5.41, 5.74) is 5.45. The van der Waals surface area contributed by atoms with Gasteiger partial charge >= 0.3 is 0 Å². The number of rotatable bonds is 3. The van der Waals surface area contributed by atoms with Crippen LogP contribution < -0.4 is 5.73 Å². The molecule has 0 aromatic rings. The van der Waals surface area contributed by atoms with E-state index in [1.54, 1.807) is 0 Å². The highest BCUT2D eigenvalue weighted by Gasteiger charge is 2.05. The van der Waals surface area contributed by atoms with Gasteiger partial charge in [0, 0.05) is 0 Å². The fourth-order valence-electron chi connectivity index (χ4n) is 0.635. The van der Waals surface area contributed by atoms with Gasteiger partial charge in [-0.2, -0.15) is 0 Å². The molecule has 2 atom stereocenters. The summed E-state index contributed by atoms with van der Waals surface area (Å²) in [7, 11) is 0. The van der Waals surface area contributed by atoms with Crippen LogP contribution in [0.2, 0.25) is 0 Å². The zero-order valence-electron chi connectivity index (χ0n) is 6.15. The second kappa shape index (κ2) is 3.90. The zero-order chi connectivity index (χ0) is 6.57. The maximum atomic E-state index is 5.45. The largest absolute Gasteiger partial charge is 0.330 e. The zero-order valence-corrected chi connectivity index (χ0v) is 6.15. The molecule has 0 aromatic carbocycles. The van der Waals surface area contributed by atoms with Crippen LogP contribution in [-0.2, 0) is 0 Å². The highest BCUT2D eigenvalue weighted by Crippen LogP contribution is 2.11. The molecular formula is C7H17N. The lowest BCUT2D eigenvalue weighted by molar-refractivity contribution is 0.386. The molecule has 0 aromatic heterocycles. The van der Waals surface area contributed by atoms with Crippen molar-refractivity contribution >= 4 is 0 Å². The normalized spacial score (nSPS) is 18.0. The maximum Gasteiger partial charge on any atom is -0.00490 e. The van der Waals surface area contributed by atoms with Crippen LogP contribution in [0.15, 0.2) is 0 Å². The molecule has 0 fully saturated rings. The molecule has 2 N–H and O–H groups in total. The van der Waals surface area contributed by atoms with Gasteiger partial charge in [-0.15, -0.1) is 0 Å². The van der Waals surface area contributed by atoms with Crippen LogP contribution in [0.1, 0.15) is 27.2 Å². The van der Waals surface area contributed by atoms with E-state index in [0.29, 0.717) is 5.92 Å². The highest BCUT2D eigenvalue weighted by molar-refractivity contribution is 4.59. The minimum Gasteiger partial charge on any atom is -0.330 e. The van der Waals surface area contributed by atoms with Crippen molar-refractivity contribution in [2.24, 2.45) is 17.6 Å². The lowest BCUT2D eigenvalue weighted by Crippen LogP contribution is -2.17. The van der Waals surface area contributed by atoms with Crippen molar-refractivity contribution in [2.75, 3.05) is 6.54 Å². The van der Waals surface area contributed by atoms with Gasteiger partial charge in [-0.25, -0.2) is 0 Å². The number of nitrogens with two attached hydrogens (primary N) is 1. The quantitative estimate of drug-likeness (QED) is 0.594. The molecule has 0 saturated heterocycles. The Bertz CT molecular complexity index is 44.3. The van der Waals surface area contributed by atoms with Crippen LogP contribution in [-0.4, -0.2) is 6.54 Å². The summed E-state index contributed by atoms with van der Waals surface area (Å²) >= 11 is 0. The van der Waals surface area contributed by atoms with E-state index in [-0.39, 0.29) is 0 Å². The summed E-state index contributed by atoms with van der Waals surface area (Å²) in [4.78, 5) is 0. The van der Waals surface area contributed by atoms with Gasteiger partial charge in [0.05, 0.1) is 0 Å². The van der Waals surface area contributed by atoms with Gasteiger partial charge in [-0.3, -0.25) is 0 Å². The van der Waals surface area contributed by atoms with Crippen molar-refractivity contribution in [3.8, 4) is 0 Å². The predicted octanol–water partition coefficient (Wildman–Crippen LogP) is 1.63. The topological polar surface area (TPSA) is 26.0 Å². The third-order valence-corrected chi connectivity index (χ3v) is 1.99. The van der Waals surface area contributed by atoms with E-state index >= 15 is 0 Å². The van der Waals surface area contributed by atoms with Gasteiger partial charge in [0.2, 0.25) is 0 Å². The van der Waals surface area contributed by atoms with E-state index in [4.69, 9.17) is 5.73 Å². The van der Waals surface area contributed by atoms with E-state index < -0.39 is 0 Å². The molecule has 0 saturated carbocycles. The average Bonchev–Trinajstić information content (AvgIpc) is 1.84. The maximum absolute atomic E-state index is 5.45. The van der Waals surface area contributed by atoms with Crippen molar-refractivity contribution in [1.29, 1.82) is 0 Å². The van der Waals surface area contributed by atoms with Gasteiger partial charge in [-0.1, -0.05) is 27.2 Å². The average molecular weight is 115 g/mol. The first-order chi connectivity index (χ1) is 3.72. The SMILES string of the molecule is CC[C@H](C)C(C)CN. The Balaban J connectivity index is 3.29. The van der Waals surface area contributed by atoms with E-state index in [1.807, 2.05) is 0 Å². The third kappa shape index (κ3) is 2.31. The van der Waals surface area contributed by atoms with Crippen molar-refractivity contribution in [3.63, 3.8) is 0 Å². The van der Waals surface area contributed by atoms with Crippen LogP contribution >= 0.6 is 0 Å². The summed E-state index contributed by atoms with van der Waals surface area (Å²) in [6.07, 6.45) is 1.25. The van der Waals surface area contributed by atoms with Gasteiger partial charge in [-0.05, 0) is 18.4 Å². The molecule has 1 nitrogen and oxygen atoms in total. The molecular weight excluding hydrogens is 98.1 g/mol. The fourth-order valence-corrected chi connectivity index (χ4v) is 0.635. The van der Waals surface area contributed by atoms with E-state index in [2.05, 4.69) is 20.8 Å². The Hall–Kier alpha value is -0.0400. The fraction of sp³-hybridized carbons (Fsp3) is 1.00. The van der Waals surface area contributed by atoms with E-state index in [0.717, 1.165) is 12.5 Å². The number of hydrogen-bond donors (Lipinski definition) is 1. The molecule has 1 heteroatoms. The number of hydrogen-bond acceptors (Lipinski definition) is 1. The molecule has 0 rings (SSSR count). The minimum absolute atomic E-state index is 0.694. The Morgan fingerprint density at radius 2 is 1.75 bits per heavy atom. The molecule has 50 valence electrons. The molecule has 0 aliphatic rings. The molecule has 0 radical (unpaired) electrons. The standard InChI is InChI=1S/C7H17N/c1-4-6(2)7(3)5-8/h6-7H,4-5,8H2,1-3H3/t6-,7?/m0/s1. The molecule has 0 aliphatic carbocycles. The molecule has 0 heterocycles. The van der Waals surface area contributed by atoms with E-state index in [9.17, 15) is 0 Å². The second-order valence-electron chi connectivity index (χ2n) is 2.60. The van der Waals surface area contributed by atoms with Gasteiger partial charge in [0.15, 0.2) is 0 Å². The van der Waals surface area contributed by atoms with Gasteiger partial charge in [0.1, 0.15) is 0 Å². The Labute approximate surface area is 52.3 Å². The van der Waals surface area contributed by atoms with Crippen LogP contribution in [0.3, 0.4) is 0 Å². The van der Waals surface area contributed by atoms with Crippen LogP contribution in [0.25, 0.3) is 0 Å². The van der Waals surface area contributed by atoms with Crippen LogP contribution in [0, 0.1) is 11.8 Å². The van der Waals surface area contributed by atoms with Crippen molar-refractivity contribution < 1.29 is 0 Å². The highest BCUT2D eigenvalue weighted by atomic mass is 14.5. The van der Waals surface area contributed by atoms with Crippen molar-refractivity contribution in [3.05, 3.63) is 0 Å². The summed E-state index contributed by atoms with van der Waals surface area (Å²) in [5, 5.41) is 0. The monoisotopic (exact) mass is 115 g/mol. The lowest BCUT2D eigenvalue weighted by atomic mass is 9.94. The Morgan fingerprint density at radius 1 is 1.25 bits per heavy atom. The summed E-state index contributed by atoms with van der Waals surface area (Å²) < 4.78 is 0. The first kappa shape index (κ1) is 7.96. The summed E-state index contributed by atoms with van der Waals surface area (Å²) in [5.74, 6) is 1.49. The van der Waals surface area contributed by atoms with Crippen LogP contribution in [0.5, 0.6) is 0 Å². The van der Waals surface area contributed by atoms with E-state index in [1.165, 1.54) is 6.42 Å². The first-order valence-corrected chi connectivity index (χ1v) is 3.42. The summed E-state index contributed by atoms with van der Waals surface area (Å²) in [6, 6.07) is 0. The lowest BCUT2D eigenvalue weighted by Gasteiger charge is -2.14. The third-order valence-electron chi connectivity index (χ3n) is 1.99. The second-order valence-corrected chi connectivity index (χ2v) is 2.60.